The number of anilines is 1. The van der Waals surface area contributed by atoms with Crippen LogP contribution in [0.1, 0.15) is 32.3 Å². The second kappa shape index (κ2) is 6.33. The van der Waals surface area contributed by atoms with Crippen molar-refractivity contribution in [2.75, 3.05) is 24.5 Å². The van der Waals surface area contributed by atoms with Crippen molar-refractivity contribution >= 4 is 5.69 Å². The Bertz CT molecular complexity index is 403. The SMILES string of the molecule is CCNCc1cc(F)c(N2CCC(C)CC2)c(F)c1. The van der Waals surface area contributed by atoms with Crippen LogP contribution in [0.2, 0.25) is 0 Å². The molecule has 1 saturated heterocycles. The van der Waals surface area contributed by atoms with E-state index in [4.69, 9.17) is 0 Å². The monoisotopic (exact) mass is 268 g/mol. The molecule has 1 fully saturated rings. The number of benzene rings is 1. The fraction of sp³-hybridized carbons (Fsp3) is 0.600. The Hall–Kier alpha value is -1.16. The van der Waals surface area contributed by atoms with E-state index in [1.807, 2.05) is 11.8 Å². The number of hydrogen-bond donors (Lipinski definition) is 1. The molecule has 0 aliphatic carbocycles. The van der Waals surface area contributed by atoms with Crippen LogP contribution in [0.25, 0.3) is 0 Å². The number of rotatable bonds is 4. The Labute approximate surface area is 113 Å². The van der Waals surface area contributed by atoms with Crippen molar-refractivity contribution in [1.29, 1.82) is 0 Å². The van der Waals surface area contributed by atoms with E-state index >= 15 is 0 Å². The molecule has 19 heavy (non-hydrogen) atoms. The fourth-order valence-corrected chi connectivity index (χ4v) is 2.52. The zero-order valence-electron chi connectivity index (χ0n) is 11.7. The quantitative estimate of drug-likeness (QED) is 0.901. The molecule has 1 N–H and O–H groups in total. The van der Waals surface area contributed by atoms with Gasteiger partial charge in [0.15, 0.2) is 0 Å². The summed E-state index contributed by atoms with van der Waals surface area (Å²) in [7, 11) is 0. The summed E-state index contributed by atoms with van der Waals surface area (Å²) in [5.74, 6) is -0.236. The van der Waals surface area contributed by atoms with Gasteiger partial charge in [0.05, 0.1) is 0 Å². The van der Waals surface area contributed by atoms with Gasteiger partial charge in [0.25, 0.3) is 0 Å². The topological polar surface area (TPSA) is 15.3 Å². The van der Waals surface area contributed by atoms with Crippen LogP contribution in [-0.4, -0.2) is 19.6 Å². The Balaban J connectivity index is 2.16. The van der Waals surface area contributed by atoms with Crippen LogP contribution in [-0.2, 0) is 6.54 Å². The molecule has 1 heterocycles. The van der Waals surface area contributed by atoms with E-state index in [2.05, 4.69) is 12.2 Å². The van der Waals surface area contributed by atoms with Crippen molar-refractivity contribution in [2.45, 2.75) is 33.2 Å². The van der Waals surface area contributed by atoms with Crippen LogP contribution >= 0.6 is 0 Å². The summed E-state index contributed by atoms with van der Waals surface area (Å²) < 4.78 is 28.2. The predicted octanol–water partition coefficient (Wildman–Crippen LogP) is 3.31. The van der Waals surface area contributed by atoms with Gasteiger partial charge in [-0.3, -0.25) is 0 Å². The smallest absolute Gasteiger partial charge is 0.149 e. The van der Waals surface area contributed by atoms with E-state index in [9.17, 15) is 8.78 Å². The Kier molecular flexibility index (Phi) is 4.75. The van der Waals surface area contributed by atoms with E-state index in [1.54, 1.807) is 0 Å². The minimum Gasteiger partial charge on any atom is -0.367 e. The summed E-state index contributed by atoms with van der Waals surface area (Å²) in [4.78, 5) is 1.84. The average molecular weight is 268 g/mol. The van der Waals surface area contributed by atoms with E-state index in [-0.39, 0.29) is 5.69 Å². The predicted molar refractivity (Wildman–Crippen MR) is 74.3 cm³/mol. The second-order valence-corrected chi connectivity index (χ2v) is 5.36. The molecular weight excluding hydrogens is 246 g/mol. The van der Waals surface area contributed by atoms with Crippen LogP contribution in [0, 0.1) is 17.6 Å². The maximum Gasteiger partial charge on any atom is 0.149 e. The third-order valence-electron chi connectivity index (χ3n) is 3.76. The van der Waals surface area contributed by atoms with Crippen molar-refractivity contribution < 1.29 is 8.78 Å². The molecule has 2 nitrogen and oxygen atoms in total. The largest absolute Gasteiger partial charge is 0.367 e. The van der Waals surface area contributed by atoms with E-state index in [0.29, 0.717) is 18.0 Å². The molecule has 0 radical (unpaired) electrons. The lowest BCUT2D eigenvalue weighted by Gasteiger charge is -2.32. The van der Waals surface area contributed by atoms with Gasteiger partial charge in [0.2, 0.25) is 0 Å². The fourth-order valence-electron chi connectivity index (χ4n) is 2.52. The molecule has 1 aromatic carbocycles. The summed E-state index contributed by atoms with van der Waals surface area (Å²) in [6, 6.07) is 2.89. The van der Waals surface area contributed by atoms with Crippen molar-refractivity contribution in [1.82, 2.24) is 5.32 Å². The Morgan fingerprint density at radius 2 is 1.79 bits per heavy atom. The molecule has 0 amide bonds. The van der Waals surface area contributed by atoms with Gasteiger partial charge in [-0.25, -0.2) is 8.78 Å². The van der Waals surface area contributed by atoms with Gasteiger partial charge in [-0.05, 0) is 43.0 Å². The highest BCUT2D eigenvalue weighted by atomic mass is 19.1. The Morgan fingerprint density at radius 1 is 1.21 bits per heavy atom. The number of halogens is 2. The first-order valence-electron chi connectivity index (χ1n) is 7.05. The number of piperidine rings is 1. The lowest BCUT2D eigenvalue weighted by molar-refractivity contribution is 0.429. The zero-order valence-corrected chi connectivity index (χ0v) is 11.7. The standard InChI is InChI=1S/C15H22F2N2/c1-3-18-10-12-8-13(16)15(14(17)9-12)19-6-4-11(2)5-7-19/h8-9,11,18H,3-7,10H2,1-2H3. The molecule has 1 aliphatic heterocycles. The molecule has 106 valence electrons. The van der Waals surface area contributed by atoms with E-state index in [0.717, 1.165) is 32.5 Å². The Morgan fingerprint density at radius 3 is 2.32 bits per heavy atom. The summed E-state index contributed by atoms with van der Waals surface area (Å²) >= 11 is 0. The summed E-state index contributed by atoms with van der Waals surface area (Å²) in [6.45, 7) is 6.92. The van der Waals surface area contributed by atoms with Crippen molar-refractivity contribution in [3.8, 4) is 0 Å². The molecule has 0 saturated carbocycles. The van der Waals surface area contributed by atoms with Gasteiger partial charge in [-0.2, -0.15) is 0 Å². The van der Waals surface area contributed by atoms with E-state index < -0.39 is 11.6 Å². The minimum atomic E-state index is -0.442. The molecule has 0 bridgehead atoms. The molecular formula is C15H22F2N2. The van der Waals surface area contributed by atoms with Gasteiger partial charge < -0.3 is 10.2 Å². The first-order chi connectivity index (χ1) is 9.11. The lowest BCUT2D eigenvalue weighted by Crippen LogP contribution is -2.34. The third kappa shape index (κ3) is 3.44. The molecule has 4 heteroatoms. The first-order valence-corrected chi connectivity index (χ1v) is 7.05. The van der Waals surface area contributed by atoms with Crippen LogP contribution in [0.4, 0.5) is 14.5 Å². The van der Waals surface area contributed by atoms with Gasteiger partial charge in [-0.1, -0.05) is 13.8 Å². The van der Waals surface area contributed by atoms with Crippen molar-refractivity contribution in [2.24, 2.45) is 5.92 Å². The normalized spacial score (nSPS) is 16.9. The van der Waals surface area contributed by atoms with Gasteiger partial charge in [0, 0.05) is 19.6 Å². The van der Waals surface area contributed by atoms with E-state index in [1.165, 1.54) is 12.1 Å². The summed E-state index contributed by atoms with van der Waals surface area (Å²) in [6.07, 6.45) is 2.00. The molecule has 0 spiro atoms. The first kappa shape index (κ1) is 14.3. The maximum absolute atomic E-state index is 14.1. The van der Waals surface area contributed by atoms with Crippen molar-refractivity contribution in [3.63, 3.8) is 0 Å². The molecule has 0 aromatic heterocycles. The molecule has 0 unspecified atom stereocenters. The minimum absolute atomic E-state index is 0.146. The highest BCUT2D eigenvalue weighted by Gasteiger charge is 2.22. The molecule has 1 aliphatic rings. The van der Waals surface area contributed by atoms with Crippen LogP contribution in [0.15, 0.2) is 12.1 Å². The second-order valence-electron chi connectivity index (χ2n) is 5.36. The third-order valence-corrected chi connectivity index (χ3v) is 3.76. The lowest BCUT2D eigenvalue weighted by atomic mass is 9.98. The van der Waals surface area contributed by atoms with Gasteiger partial charge in [-0.15, -0.1) is 0 Å². The van der Waals surface area contributed by atoms with Crippen LogP contribution in [0.3, 0.4) is 0 Å². The summed E-state index contributed by atoms with van der Waals surface area (Å²) in [5.41, 5.74) is 0.804. The molecule has 0 atom stereocenters. The molecule has 1 aromatic rings. The highest BCUT2D eigenvalue weighted by molar-refractivity contribution is 5.51. The van der Waals surface area contributed by atoms with Crippen molar-refractivity contribution in [3.05, 3.63) is 29.3 Å². The number of nitrogens with one attached hydrogen (secondary N) is 1. The highest BCUT2D eigenvalue weighted by Crippen LogP contribution is 2.29. The summed E-state index contributed by atoms with van der Waals surface area (Å²) in [5, 5.41) is 3.08. The maximum atomic E-state index is 14.1. The number of hydrogen-bond acceptors (Lipinski definition) is 2. The number of nitrogens with zero attached hydrogens (tertiary/aromatic N) is 1. The van der Waals surface area contributed by atoms with Gasteiger partial charge in [0.1, 0.15) is 17.3 Å². The molecule has 2 rings (SSSR count). The van der Waals surface area contributed by atoms with Gasteiger partial charge >= 0.3 is 0 Å². The average Bonchev–Trinajstić information content (AvgIpc) is 2.38. The zero-order chi connectivity index (χ0) is 13.8. The van der Waals surface area contributed by atoms with Crippen LogP contribution in [0.5, 0.6) is 0 Å². The van der Waals surface area contributed by atoms with Crippen LogP contribution < -0.4 is 10.2 Å².